The highest BCUT2D eigenvalue weighted by molar-refractivity contribution is 6.07. The fourth-order valence-corrected chi connectivity index (χ4v) is 9.66. The lowest BCUT2D eigenvalue weighted by Crippen LogP contribution is -2.52. The highest BCUT2D eigenvalue weighted by Gasteiger charge is 2.40. The van der Waals surface area contributed by atoms with Crippen molar-refractivity contribution in [2.24, 2.45) is 0 Å². The minimum Gasteiger partial charge on any atom is -0.493 e. The normalized spacial score (nSPS) is 16.6. The number of aryl methyl sites for hydroxylation is 1. The van der Waals surface area contributed by atoms with E-state index in [9.17, 15) is 33.5 Å². The van der Waals surface area contributed by atoms with Crippen molar-refractivity contribution in [1.82, 2.24) is 39.2 Å². The summed E-state index contributed by atoms with van der Waals surface area (Å²) in [6.45, 7) is 2.38. The van der Waals surface area contributed by atoms with Crippen molar-refractivity contribution in [2.45, 2.75) is 44.8 Å². The third-order valence-electron chi connectivity index (χ3n) is 13.0. The summed E-state index contributed by atoms with van der Waals surface area (Å²) in [5.74, 6) is -2.59. The number of benzene rings is 4. The summed E-state index contributed by atoms with van der Waals surface area (Å²) < 4.78 is 45.7. The molecular formula is C49H44F2N8O8. The van der Waals surface area contributed by atoms with Crippen LogP contribution < -0.4 is 14.8 Å². The van der Waals surface area contributed by atoms with Gasteiger partial charge >= 0.3 is 5.97 Å². The number of hydrogen-bond acceptors (Lipinski definition) is 10. The lowest BCUT2D eigenvalue weighted by Gasteiger charge is -2.35. The Morgan fingerprint density at radius 2 is 1.69 bits per heavy atom. The molecule has 2 fully saturated rings. The Kier molecular flexibility index (Phi) is 11.5. The van der Waals surface area contributed by atoms with Crippen LogP contribution in [0.4, 0.5) is 8.78 Å². The number of carbonyl (C=O) groups excluding carboxylic acids is 4. The van der Waals surface area contributed by atoms with Gasteiger partial charge in [0, 0.05) is 91.1 Å². The molecule has 3 aliphatic heterocycles. The maximum atomic E-state index is 16.3. The number of nitrogens with one attached hydrogen (secondary N) is 1. The van der Waals surface area contributed by atoms with E-state index in [2.05, 4.69) is 20.3 Å². The molecule has 7 aromatic rings. The number of piperidine rings is 1. The molecular weight excluding hydrogens is 867 g/mol. The molecule has 4 amide bonds. The van der Waals surface area contributed by atoms with Crippen molar-refractivity contribution in [2.75, 3.05) is 45.9 Å². The Morgan fingerprint density at radius 3 is 2.51 bits per heavy atom. The number of halogens is 2. The van der Waals surface area contributed by atoms with E-state index in [4.69, 9.17) is 9.47 Å². The van der Waals surface area contributed by atoms with Gasteiger partial charge in [0.15, 0.2) is 6.61 Å². The lowest BCUT2D eigenvalue weighted by molar-refractivity contribution is -0.137. The standard InChI is InChI=1S/C49H44F2N8O8/c50-30-9-10-31-29(24-30)4-1-7-40(31)66-23-3-6-32-33-11-12-37(51)44(35-25-53-59-16-15-52-26-39(35)59)45(33)57(46(32)49(64)65)22-19-55-17-20-56(21-18-55)43(61)28-67-41-8-2-5-34-36(41)27-58(48(34)63)38-13-14-42(60)54-47(38)62/h1-2,4-5,7-12,15-16,24-26,38H,3,6,13-14,17-23,27-28H2,(H,64,65)(H,54,60,62). The maximum absolute atomic E-state index is 16.3. The quantitative estimate of drug-likeness (QED) is 0.104. The molecule has 2 saturated heterocycles. The van der Waals surface area contributed by atoms with Gasteiger partial charge in [-0.05, 0) is 78.7 Å². The fourth-order valence-electron chi connectivity index (χ4n) is 9.66. The van der Waals surface area contributed by atoms with Crippen LogP contribution in [-0.4, -0.2) is 121 Å². The zero-order chi connectivity index (χ0) is 46.3. The Morgan fingerprint density at radius 1 is 0.881 bits per heavy atom. The summed E-state index contributed by atoms with van der Waals surface area (Å²) in [6, 6.07) is 17.1. The van der Waals surface area contributed by atoms with Gasteiger partial charge in [-0.3, -0.25) is 34.4 Å². The van der Waals surface area contributed by atoms with Gasteiger partial charge in [-0.2, -0.15) is 5.10 Å². The highest BCUT2D eigenvalue weighted by atomic mass is 19.1. The Bertz CT molecular complexity index is 3140. The number of hydrogen-bond donors (Lipinski definition) is 2. The number of piperazine rings is 1. The van der Waals surface area contributed by atoms with Crippen LogP contribution in [0.15, 0.2) is 91.5 Å². The number of ether oxygens (including phenoxy) is 2. The minimum absolute atomic E-state index is 0.0392. The van der Waals surface area contributed by atoms with E-state index in [1.807, 2.05) is 0 Å². The smallest absolute Gasteiger partial charge is 0.352 e. The first-order valence-electron chi connectivity index (χ1n) is 22.1. The van der Waals surface area contributed by atoms with Crippen LogP contribution in [0.25, 0.3) is 38.3 Å². The molecule has 16 nitrogen and oxygen atoms in total. The average Bonchev–Trinajstić information content (AvgIpc) is 4.00. The number of aromatic carboxylic acids is 1. The predicted octanol–water partition coefficient (Wildman–Crippen LogP) is 5.48. The average molecular weight is 911 g/mol. The molecule has 1 atom stereocenters. The maximum Gasteiger partial charge on any atom is 0.352 e. The molecule has 0 bridgehead atoms. The molecule has 1 unspecified atom stereocenters. The van der Waals surface area contributed by atoms with Crippen LogP contribution in [0, 0.1) is 11.6 Å². The second-order valence-electron chi connectivity index (χ2n) is 16.8. The van der Waals surface area contributed by atoms with Crippen LogP contribution in [-0.2, 0) is 33.9 Å². The summed E-state index contributed by atoms with van der Waals surface area (Å²) in [6.07, 6.45) is 7.45. The molecule has 6 heterocycles. The van der Waals surface area contributed by atoms with Crippen molar-refractivity contribution in [3.63, 3.8) is 0 Å². The Labute approximate surface area is 381 Å². The Balaban J connectivity index is 0.844. The SMILES string of the molecule is O=C1CCC(N2Cc3c(OCC(=O)N4CCN(CCn5c(C(=O)O)c(CCCOc6cccc7cc(F)ccc67)c6ccc(F)c(-c7cnn8ccncc78)c65)CC4)cccc3C2=O)C(=O)N1. The molecule has 0 aliphatic carbocycles. The van der Waals surface area contributed by atoms with Gasteiger partial charge in [-0.25, -0.2) is 18.1 Å². The van der Waals surface area contributed by atoms with Crippen molar-refractivity contribution < 1.29 is 47.3 Å². The third-order valence-corrected chi connectivity index (χ3v) is 13.0. The van der Waals surface area contributed by atoms with Crippen LogP contribution in [0.3, 0.4) is 0 Å². The number of carboxylic acids is 1. The number of fused-ring (bicyclic) bond motifs is 4. The van der Waals surface area contributed by atoms with Gasteiger partial charge < -0.3 is 28.9 Å². The molecule has 342 valence electrons. The van der Waals surface area contributed by atoms with Crippen molar-refractivity contribution in [1.29, 1.82) is 0 Å². The molecule has 10 rings (SSSR count). The van der Waals surface area contributed by atoms with Gasteiger partial charge in [0.2, 0.25) is 11.8 Å². The summed E-state index contributed by atoms with van der Waals surface area (Å²) in [7, 11) is 0. The fraction of sp³-hybridized carbons (Fsp3) is 0.286. The summed E-state index contributed by atoms with van der Waals surface area (Å²) in [4.78, 5) is 73.9. The highest BCUT2D eigenvalue weighted by Crippen LogP contribution is 2.39. The number of aromatic nitrogens is 4. The minimum atomic E-state index is -1.16. The second-order valence-corrected chi connectivity index (χ2v) is 16.8. The van der Waals surface area contributed by atoms with Gasteiger partial charge in [-0.15, -0.1) is 0 Å². The van der Waals surface area contributed by atoms with E-state index >= 15 is 4.39 Å². The first-order chi connectivity index (χ1) is 32.5. The molecule has 18 heteroatoms. The summed E-state index contributed by atoms with van der Waals surface area (Å²) in [5.41, 5.74) is 3.17. The van der Waals surface area contributed by atoms with Crippen molar-refractivity contribution in [3.8, 4) is 22.6 Å². The molecule has 3 aromatic heterocycles. The molecule has 67 heavy (non-hydrogen) atoms. The molecule has 0 spiro atoms. The summed E-state index contributed by atoms with van der Waals surface area (Å²) in [5, 5.41) is 19.7. The topological polar surface area (TPSA) is 181 Å². The van der Waals surface area contributed by atoms with Gasteiger partial charge in [0.25, 0.3) is 11.8 Å². The molecule has 0 saturated carbocycles. The van der Waals surface area contributed by atoms with Gasteiger partial charge in [0.05, 0.1) is 36.6 Å². The van der Waals surface area contributed by atoms with E-state index in [1.54, 1.807) is 87.3 Å². The third kappa shape index (κ3) is 8.17. The predicted molar refractivity (Wildman–Crippen MR) is 240 cm³/mol. The molecule has 0 radical (unpaired) electrons. The number of nitrogens with zero attached hydrogens (tertiary/aromatic N) is 7. The van der Waals surface area contributed by atoms with Crippen LogP contribution in [0.1, 0.15) is 51.2 Å². The first kappa shape index (κ1) is 43.2. The number of carboxylic acid groups (broad SMARTS) is 1. The van der Waals surface area contributed by atoms with Gasteiger partial charge in [-0.1, -0.05) is 18.2 Å². The zero-order valence-electron chi connectivity index (χ0n) is 36.1. The zero-order valence-corrected chi connectivity index (χ0v) is 36.1. The van der Waals surface area contributed by atoms with E-state index in [-0.39, 0.29) is 73.9 Å². The molecule has 3 aliphatic rings. The second kappa shape index (κ2) is 17.9. The van der Waals surface area contributed by atoms with E-state index in [1.165, 1.54) is 23.1 Å². The van der Waals surface area contributed by atoms with E-state index in [0.29, 0.717) is 101 Å². The number of rotatable bonds is 14. The first-order valence-corrected chi connectivity index (χ1v) is 22.1. The van der Waals surface area contributed by atoms with Crippen LogP contribution >= 0.6 is 0 Å². The Hall–Kier alpha value is -7.73. The van der Waals surface area contributed by atoms with E-state index < -0.39 is 23.7 Å². The summed E-state index contributed by atoms with van der Waals surface area (Å²) >= 11 is 0. The molecule has 4 aromatic carbocycles. The monoisotopic (exact) mass is 910 g/mol. The molecule has 2 N–H and O–H groups in total. The van der Waals surface area contributed by atoms with Crippen LogP contribution in [0.2, 0.25) is 0 Å². The van der Waals surface area contributed by atoms with Gasteiger partial charge in [0.1, 0.15) is 34.9 Å². The van der Waals surface area contributed by atoms with Crippen LogP contribution in [0.5, 0.6) is 11.5 Å². The number of amides is 4. The van der Waals surface area contributed by atoms with Crippen molar-refractivity contribution in [3.05, 3.63) is 126 Å². The van der Waals surface area contributed by atoms with E-state index in [0.717, 1.165) is 5.39 Å². The lowest BCUT2D eigenvalue weighted by atomic mass is 10.00. The number of carbonyl (C=O) groups is 5. The van der Waals surface area contributed by atoms with Crippen molar-refractivity contribution >= 4 is 56.8 Å². The number of imide groups is 1. The largest absolute Gasteiger partial charge is 0.493 e.